The van der Waals surface area contributed by atoms with E-state index in [9.17, 15) is 14.4 Å². The van der Waals surface area contributed by atoms with E-state index in [2.05, 4.69) is 38.5 Å². The monoisotopic (exact) mass is 554 g/mol. The highest BCUT2D eigenvalue weighted by Gasteiger charge is 2.64. The fraction of sp³-hybridized carbons (Fsp3) is 0.400. The van der Waals surface area contributed by atoms with Gasteiger partial charge >= 0.3 is 0 Å². The zero-order valence-corrected chi connectivity index (χ0v) is 24.0. The van der Waals surface area contributed by atoms with Gasteiger partial charge in [-0.15, -0.1) is 0 Å². The summed E-state index contributed by atoms with van der Waals surface area (Å²) in [7, 11) is 3.89. The molecule has 41 heavy (non-hydrogen) atoms. The minimum atomic E-state index is -0.615. The van der Waals surface area contributed by atoms with Gasteiger partial charge in [0.2, 0.25) is 11.7 Å². The number of hydrogen-bond donors (Lipinski definition) is 0. The standard InChI is InChI=1S/C30H34N8O3/c1-7-9-21(31-8-2)29(41)23-11-30(4)12-25(30)38(23)27(40)17-37-24-15-32-22(10-20(24)28(35-37)18(3)39)19-13-33-26(34-14-19)16-36(5)6/h7-10,13-15,23,25H,2,11-12,16-17H2,1,3-6H3/b9-7-,31-21+. The third-order valence-corrected chi connectivity index (χ3v) is 7.75. The van der Waals surface area contributed by atoms with E-state index in [0.29, 0.717) is 41.0 Å². The SMILES string of the molecule is C=C/N=C(\C=C/C)C(=O)C1CC2(C)CC2N1C(=O)Cn1nc(C(C)=O)c2cc(-c3cnc(CN(C)C)nc3)ncc21. The van der Waals surface area contributed by atoms with Crippen molar-refractivity contribution in [3.63, 3.8) is 0 Å². The van der Waals surface area contributed by atoms with Gasteiger partial charge in [0.1, 0.15) is 23.8 Å². The number of nitrogens with zero attached hydrogens (tertiary/aromatic N) is 8. The number of rotatable bonds is 10. The Balaban J connectivity index is 1.45. The first-order valence-corrected chi connectivity index (χ1v) is 13.6. The first-order chi connectivity index (χ1) is 19.6. The Bertz CT molecular complexity index is 1600. The summed E-state index contributed by atoms with van der Waals surface area (Å²) in [4.78, 5) is 61.0. The summed E-state index contributed by atoms with van der Waals surface area (Å²) < 4.78 is 1.51. The first-order valence-electron chi connectivity index (χ1n) is 13.6. The van der Waals surface area contributed by atoms with Crippen molar-refractivity contribution in [2.75, 3.05) is 14.1 Å². The largest absolute Gasteiger partial charge is 0.327 e. The Hall–Kier alpha value is -4.38. The molecule has 3 unspecified atom stereocenters. The molecular weight excluding hydrogens is 520 g/mol. The second-order valence-electron chi connectivity index (χ2n) is 11.2. The van der Waals surface area contributed by atoms with Crippen LogP contribution in [0.4, 0.5) is 0 Å². The van der Waals surface area contributed by atoms with Crippen LogP contribution in [0.2, 0.25) is 0 Å². The minimum Gasteiger partial charge on any atom is -0.327 e. The Morgan fingerprint density at radius 2 is 1.90 bits per heavy atom. The maximum atomic E-state index is 13.8. The Morgan fingerprint density at radius 3 is 2.54 bits per heavy atom. The van der Waals surface area contributed by atoms with Gasteiger partial charge in [0.15, 0.2) is 5.78 Å². The number of ketones is 2. The van der Waals surface area contributed by atoms with Gasteiger partial charge in [-0.05, 0) is 51.4 Å². The summed E-state index contributed by atoms with van der Waals surface area (Å²) in [6.07, 6.45) is 11.2. The van der Waals surface area contributed by atoms with Crippen LogP contribution in [-0.2, 0) is 22.7 Å². The smallest absolute Gasteiger partial charge is 0.245 e. The number of aliphatic imine (C=N–C) groups is 1. The van der Waals surface area contributed by atoms with E-state index in [4.69, 9.17) is 0 Å². The van der Waals surface area contributed by atoms with Crippen molar-refractivity contribution in [2.45, 2.75) is 58.8 Å². The fourth-order valence-electron chi connectivity index (χ4n) is 5.65. The molecule has 0 aromatic carbocycles. The summed E-state index contributed by atoms with van der Waals surface area (Å²) in [6, 6.07) is 1.14. The highest BCUT2D eigenvalue weighted by molar-refractivity contribution is 6.46. The molecule has 11 nitrogen and oxygen atoms in total. The molecule has 4 heterocycles. The number of fused-ring (bicyclic) bond motifs is 2. The minimum absolute atomic E-state index is 0.0196. The van der Waals surface area contributed by atoms with Crippen molar-refractivity contribution < 1.29 is 14.4 Å². The molecule has 1 saturated carbocycles. The topological polar surface area (TPSA) is 127 Å². The van der Waals surface area contributed by atoms with Crippen LogP contribution < -0.4 is 0 Å². The van der Waals surface area contributed by atoms with Crippen molar-refractivity contribution in [1.82, 2.24) is 34.5 Å². The molecule has 0 radical (unpaired) electrons. The first kappa shape index (κ1) is 28.2. The predicted molar refractivity (Wildman–Crippen MR) is 155 cm³/mol. The molecular formula is C30H34N8O3. The summed E-state index contributed by atoms with van der Waals surface area (Å²) in [5, 5.41) is 5.10. The molecule has 1 aliphatic carbocycles. The van der Waals surface area contributed by atoms with E-state index in [-0.39, 0.29) is 46.9 Å². The van der Waals surface area contributed by atoms with Crippen molar-refractivity contribution in [3.8, 4) is 11.3 Å². The zero-order chi connectivity index (χ0) is 29.5. The second kappa shape index (κ2) is 10.9. The molecule has 0 N–H and O–H groups in total. The molecule has 3 aromatic heterocycles. The lowest BCUT2D eigenvalue weighted by atomic mass is 9.97. The van der Waals surface area contributed by atoms with Crippen molar-refractivity contribution in [2.24, 2.45) is 10.4 Å². The third-order valence-electron chi connectivity index (χ3n) is 7.75. The van der Waals surface area contributed by atoms with Gasteiger partial charge in [-0.2, -0.15) is 5.10 Å². The maximum absolute atomic E-state index is 13.8. The van der Waals surface area contributed by atoms with E-state index < -0.39 is 6.04 Å². The quantitative estimate of drug-likeness (QED) is 0.276. The fourth-order valence-corrected chi connectivity index (χ4v) is 5.65. The molecule has 5 rings (SSSR count). The molecule has 1 aliphatic heterocycles. The number of piperidine rings is 1. The van der Waals surface area contributed by atoms with Crippen molar-refractivity contribution in [3.05, 3.63) is 61.1 Å². The average molecular weight is 555 g/mol. The molecule has 1 amide bonds. The number of allylic oxidation sites excluding steroid dienone is 2. The molecule has 0 spiro atoms. The normalized spacial score (nSPS) is 22.0. The van der Waals surface area contributed by atoms with E-state index in [1.54, 1.807) is 41.7 Å². The van der Waals surface area contributed by atoms with Gasteiger partial charge in [-0.1, -0.05) is 19.6 Å². The predicted octanol–water partition coefficient (Wildman–Crippen LogP) is 3.26. The lowest BCUT2D eigenvalue weighted by Gasteiger charge is -2.26. The number of carbonyl (C=O) groups is 3. The summed E-state index contributed by atoms with van der Waals surface area (Å²) in [5.41, 5.74) is 2.29. The number of likely N-dealkylation sites (tertiary alicyclic amines) is 1. The number of carbonyl (C=O) groups excluding carboxylic acids is 3. The van der Waals surface area contributed by atoms with E-state index in [1.807, 2.05) is 25.9 Å². The molecule has 2 aliphatic rings. The molecule has 3 atom stereocenters. The summed E-state index contributed by atoms with van der Waals surface area (Å²) in [6.45, 7) is 9.46. The maximum Gasteiger partial charge on any atom is 0.245 e. The van der Waals surface area contributed by atoms with Gasteiger partial charge in [0.05, 0.1) is 30.0 Å². The summed E-state index contributed by atoms with van der Waals surface area (Å²) >= 11 is 0. The summed E-state index contributed by atoms with van der Waals surface area (Å²) in [5.74, 6) is 0.0253. The molecule has 2 fully saturated rings. The third kappa shape index (κ3) is 5.37. The van der Waals surface area contributed by atoms with Gasteiger partial charge in [-0.3, -0.25) is 29.0 Å². The Labute approximate surface area is 238 Å². The number of amides is 1. The number of Topliss-reactive ketones (excluding diaryl/α,β-unsaturated/α-hetero) is 2. The molecule has 212 valence electrons. The lowest BCUT2D eigenvalue weighted by molar-refractivity contribution is -0.137. The highest BCUT2D eigenvalue weighted by Crippen LogP contribution is 2.59. The molecule has 3 aromatic rings. The van der Waals surface area contributed by atoms with E-state index in [0.717, 1.165) is 6.42 Å². The zero-order valence-electron chi connectivity index (χ0n) is 24.0. The van der Waals surface area contributed by atoms with Crippen LogP contribution in [0.15, 0.2) is 54.6 Å². The second-order valence-corrected chi connectivity index (χ2v) is 11.2. The van der Waals surface area contributed by atoms with Crippen LogP contribution >= 0.6 is 0 Å². The number of hydrogen-bond acceptors (Lipinski definition) is 9. The average Bonchev–Trinajstić information content (AvgIpc) is 3.30. The van der Waals surface area contributed by atoms with Gasteiger partial charge in [0.25, 0.3) is 0 Å². The Kier molecular flexibility index (Phi) is 7.48. The van der Waals surface area contributed by atoms with Crippen LogP contribution in [0.5, 0.6) is 0 Å². The van der Waals surface area contributed by atoms with Crippen LogP contribution in [0.1, 0.15) is 49.9 Å². The number of aromatic nitrogens is 5. The lowest BCUT2D eigenvalue weighted by Crippen LogP contribution is -2.46. The van der Waals surface area contributed by atoms with Gasteiger partial charge < -0.3 is 9.80 Å². The molecule has 1 saturated heterocycles. The van der Waals surface area contributed by atoms with Crippen molar-refractivity contribution in [1.29, 1.82) is 0 Å². The van der Waals surface area contributed by atoms with Crippen LogP contribution in [0, 0.1) is 5.41 Å². The number of pyridine rings is 1. The van der Waals surface area contributed by atoms with E-state index in [1.165, 1.54) is 17.8 Å². The van der Waals surface area contributed by atoms with Crippen LogP contribution in [0.3, 0.4) is 0 Å². The van der Waals surface area contributed by atoms with Gasteiger partial charge in [0, 0.05) is 42.5 Å². The Morgan fingerprint density at radius 1 is 1.17 bits per heavy atom. The van der Waals surface area contributed by atoms with E-state index >= 15 is 0 Å². The van der Waals surface area contributed by atoms with Crippen LogP contribution in [-0.4, -0.2) is 83.9 Å². The van der Waals surface area contributed by atoms with Crippen molar-refractivity contribution >= 4 is 34.1 Å². The van der Waals surface area contributed by atoms with Gasteiger partial charge in [-0.25, -0.2) is 9.97 Å². The molecule has 11 heteroatoms. The van der Waals surface area contributed by atoms with Crippen LogP contribution in [0.25, 0.3) is 22.2 Å². The molecule has 0 bridgehead atoms. The highest BCUT2D eigenvalue weighted by atomic mass is 16.2.